The zero-order valence-corrected chi connectivity index (χ0v) is 23.1. The highest BCUT2D eigenvalue weighted by Gasteiger charge is 2.27. The Balaban J connectivity index is 1.40. The van der Waals surface area contributed by atoms with Crippen molar-refractivity contribution in [1.82, 2.24) is 9.47 Å². The lowest BCUT2D eigenvalue weighted by Gasteiger charge is -2.27. The van der Waals surface area contributed by atoms with Gasteiger partial charge in [0.25, 0.3) is 5.91 Å². The monoisotopic (exact) mass is 553 g/mol. The molecule has 9 heteroatoms. The first-order valence-electron chi connectivity index (χ1n) is 13.2. The number of benzene rings is 3. The Morgan fingerprint density at radius 2 is 1.63 bits per heavy atom. The molecule has 4 aromatic rings. The van der Waals surface area contributed by atoms with Crippen LogP contribution in [0.1, 0.15) is 43.1 Å². The van der Waals surface area contributed by atoms with Gasteiger partial charge in [0.2, 0.25) is 0 Å². The molecule has 0 saturated carbocycles. The summed E-state index contributed by atoms with van der Waals surface area (Å²) in [4.78, 5) is 40.1. The third kappa shape index (κ3) is 5.51. The molecule has 9 nitrogen and oxygen atoms in total. The van der Waals surface area contributed by atoms with Crippen molar-refractivity contribution in [2.75, 3.05) is 18.5 Å². The first-order chi connectivity index (χ1) is 19.6. The van der Waals surface area contributed by atoms with Crippen molar-refractivity contribution in [3.63, 3.8) is 0 Å². The van der Waals surface area contributed by atoms with Crippen molar-refractivity contribution in [2.24, 2.45) is 7.05 Å². The number of carbonyl (C=O) groups is 3. The summed E-state index contributed by atoms with van der Waals surface area (Å²) in [6, 6.07) is 22.3. The van der Waals surface area contributed by atoms with E-state index in [1.54, 1.807) is 31.1 Å². The maximum Gasteiger partial charge on any atom is 0.407 e. The molecular weight excluding hydrogens is 522 g/mol. The maximum absolute atomic E-state index is 13.6. The van der Waals surface area contributed by atoms with Gasteiger partial charge in [0.15, 0.2) is 0 Å². The van der Waals surface area contributed by atoms with Gasteiger partial charge in [0.1, 0.15) is 12.4 Å². The van der Waals surface area contributed by atoms with Gasteiger partial charge in [-0.15, -0.1) is 0 Å². The van der Waals surface area contributed by atoms with E-state index in [9.17, 15) is 24.6 Å². The van der Waals surface area contributed by atoms with Crippen LogP contribution >= 0.6 is 0 Å². The van der Waals surface area contributed by atoms with Crippen molar-refractivity contribution >= 4 is 23.7 Å². The first kappa shape index (κ1) is 27.5. The van der Waals surface area contributed by atoms with Gasteiger partial charge >= 0.3 is 12.1 Å². The second-order valence-corrected chi connectivity index (χ2v) is 10.1. The predicted octanol–water partition coefficient (Wildman–Crippen LogP) is 5.59. The summed E-state index contributed by atoms with van der Waals surface area (Å²) in [6.45, 7) is 2.75. The fourth-order valence-electron chi connectivity index (χ4n) is 5.14. The Kier molecular flexibility index (Phi) is 7.52. The normalized spacial score (nSPS) is 12.5. The number of rotatable bonds is 7. The first-order valence-corrected chi connectivity index (χ1v) is 13.2. The number of ether oxygens (including phenoxy) is 1. The molecule has 2 heterocycles. The maximum atomic E-state index is 13.6. The van der Waals surface area contributed by atoms with E-state index in [1.807, 2.05) is 72.2 Å². The average molecular weight is 554 g/mol. The van der Waals surface area contributed by atoms with Crippen molar-refractivity contribution < 1.29 is 29.3 Å². The lowest BCUT2D eigenvalue weighted by Crippen LogP contribution is -2.35. The third-order valence-electron chi connectivity index (χ3n) is 7.67. The molecular formula is C32H31N3O6. The number of aromatic nitrogens is 1. The SMILES string of the molecule is Cc1c(C(=O)N(C)c2ccc(OCc3ccccc3)cc2)cc(-c2cc3c(cc2C(=O)O)CN(C(=O)O)CC3)n1C. The Morgan fingerprint density at radius 3 is 2.29 bits per heavy atom. The molecule has 0 spiro atoms. The fourth-order valence-corrected chi connectivity index (χ4v) is 5.14. The lowest BCUT2D eigenvalue weighted by molar-refractivity contribution is 0.0697. The molecule has 3 aromatic carbocycles. The van der Waals surface area contributed by atoms with Gasteiger partial charge in [0, 0.05) is 49.8 Å². The molecule has 0 bridgehead atoms. The van der Waals surface area contributed by atoms with Gasteiger partial charge in [-0.1, -0.05) is 30.3 Å². The van der Waals surface area contributed by atoms with Crippen LogP contribution in [-0.4, -0.2) is 51.2 Å². The summed E-state index contributed by atoms with van der Waals surface area (Å²) in [5, 5.41) is 19.4. The van der Waals surface area contributed by atoms with Crippen LogP contribution in [0.25, 0.3) is 11.3 Å². The fraction of sp³-hybridized carbons (Fsp3) is 0.219. The Bertz CT molecular complexity index is 1630. The van der Waals surface area contributed by atoms with Gasteiger partial charge < -0.3 is 29.3 Å². The number of hydrogen-bond acceptors (Lipinski definition) is 4. The highest BCUT2D eigenvalue weighted by molar-refractivity contribution is 6.08. The van der Waals surface area contributed by atoms with Gasteiger partial charge in [-0.3, -0.25) is 4.79 Å². The average Bonchev–Trinajstić information content (AvgIpc) is 3.28. The van der Waals surface area contributed by atoms with E-state index >= 15 is 0 Å². The predicted molar refractivity (Wildman–Crippen MR) is 155 cm³/mol. The third-order valence-corrected chi connectivity index (χ3v) is 7.67. The summed E-state index contributed by atoms with van der Waals surface area (Å²) < 4.78 is 7.68. The van der Waals surface area contributed by atoms with Crippen LogP contribution in [0.3, 0.4) is 0 Å². The van der Waals surface area contributed by atoms with Crippen LogP contribution in [0.15, 0.2) is 72.8 Å². The van der Waals surface area contributed by atoms with E-state index in [2.05, 4.69) is 0 Å². The van der Waals surface area contributed by atoms with Crippen LogP contribution in [0.2, 0.25) is 0 Å². The molecule has 2 amide bonds. The molecule has 1 aliphatic rings. The number of amides is 2. The molecule has 210 valence electrons. The Hall–Kier alpha value is -5.05. The number of carboxylic acids is 1. The number of carboxylic acid groups (broad SMARTS) is 2. The standard InChI is InChI=1S/C32H31N3O6/c1-20-26(30(36)34(3)24-9-11-25(12-10-24)41-19-21-7-5-4-6-8-21)17-29(33(20)2)27-15-22-13-14-35(32(39)40)18-23(22)16-28(27)31(37)38/h4-12,15-17H,13-14,18-19H2,1-3H3,(H,37,38)(H,39,40). The zero-order valence-electron chi connectivity index (χ0n) is 23.1. The van der Waals surface area contributed by atoms with E-state index in [-0.39, 0.29) is 18.0 Å². The molecule has 1 aliphatic heterocycles. The second-order valence-electron chi connectivity index (χ2n) is 10.1. The molecule has 0 unspecified atom stereocenters. The smallest absolute Gasteiger partial charge is 0.407 e. The number of nitrogens with zero attached hydrogens (tertiary/aromatic N) is 3. The quantitative estimate of drug-likeness (QED) is 0.309. The van der Waals surface area contributed by atoms with Gasteiger partial charge in [-0.05, 0) is 72.5 Å². The van der Waals surface area contributed by atoms with Crippen molar-refractivity contribution in [3.8, 4) is 17.0 Å². The van der Waals surface area contributed by atoms with Crippen LogP contribution in [0.4, 0.5) is 10.5 Å². The van der Waals surface area contributed by atoms with Crippen LogP contribution in [0, 0.1) is 6.92 Å². The van der Waals surface area contributed by atoms with Gasteiger partial charge in [-0.2, -0.15) is 0 Å². The molecule has 41 heavy (non-hydrogen) atoms. The molecule has 0 atom stereocenters. The minimum atomic E-state index is -1.12. The van der Waals surface area contributed by atoms with Crippen LogP contribution in [0.5, 0.6) is 5.75 Å². The van der Waals surface area contributed by atoms with E-state index < -0.39 is 12.1 Å². The molecule has 0 saturated heterocycles. The molecule has 5 rings (SSSR count). The van der Waals surface area contributed by atoms with E-state index in [0.717, 1.165) is 11.1 Å². The van der Waals surface area contributed by atoms with Crippen LogP contribution in [-0.2, 0) is 26.6 Å². The summed E-state index contributed by atoms with van der Waals surface area (Å²) in [7, 11) is 3.50. The zero-order chi connectivity index (χ0) is 29.3. The van der Waals surface area contributed by atoms with E-state index in [0.29, 0.717) is 59.1 Å². The van der Waals surface area contributed by atoms with Gasteiger partial charge in [-0.25, -0.2) is 9.59 Å². The molecule has 0 fully saturated rings. The Morgan fingerprint density at radius 1 is 0.927 bits per heavy atom. The Labute approximate surface area is 237 Å². The summed E-state index contributed by atoms with van der Waals surface area (Å²) in [6.07, 6.45) is -0.548. The summed E-state index contributed by atoms with van der Waals surface area (Å²) in [5.74, 6) is -0.653. The largest absolute Gasteiger partial charge is 0.489 e. The van der Waals surface area contributed by atoms with Crippen molar-refractivity contribution in [3.05, 3.63) is 106 Å². The molecule has 2 N–H and O–H groups in total. The number of fused-ring (bicyclic) bond motifs is 1. The molecule has 1 aromatic heterocycles. The summed E-state index contributed by atoms with van der Waals surface area (Å²) in [5.41, 5.74) is 5.65. The summed E-state index contributed by atoms with van der Waals surface area (Å²) >= 11 is 0. The van der Waals surface area contributed by atoms with Crippen LogP contribution < -0.4 is 9.64 Å². The topological polar surface area (TPSA) is 112 Å². The van der Waals surface area contributed by atoms with E-state index in [1.165, 1.54) is 4.90 Å². The number of carbonyl (C=O) groups excluding carboxylic acids is 1. The minimum absolute atomic E-state index is 0.0648. The minimum Gasteiger partial charge on any atom is -0.489 e. The number of anilines is 1. The molecule has 0 radical (unpaired) electrons. The molecule has 0 aliphatic carbocycles. The highest BCUT2D eigenvalue weighted by atomic mass is 16.5. The lowest BCUT2D eigenvalue weighted by atomic mass is 9.92. The number of hydrogen-bond donors (Lipinski definition) is 2. The second kappa shape index (κ2) is 11.2. The van der Waals surface area contributed by atoms with Crippen molar-refractivity contribution in [2.45, 2.75) is 26.5 Å². The van der Waals surface area contributed by atoms with Gasteiger partial charge in [0.05, 0.1) is 11.1 Å². The highest BCUT2D eigenvalue weighted by Crippen LogP contribution is 2.33. The van der Waals surface area contributed by atoms with E-state index in [4.69, 9.17) is 4.74 Å². The number of aromatic carboxylic acids is 1. The van der Waals surface area contributed by atoms with Crippen molar-refractivity contribution in [1.29, 1.82) is 0 Å².